The van der Waals surface area contributed by atoms with Gasteiger partial charge in [0.05, 0.1) is 17.4 Å². The molecule has 0 aromatic heterocycles. The number of hydroxylamine groups is 1. The van der Waals surface area contributed by atoms with E-state index in [1.807, 2.05) is 60.7 Å². The number of hydrogen-bond acceptors (Lipinski definition) is 4. The highest BCUT2D eigenvalue weighted by molar-refractivity contribution is 7.91. The van der Waals surface area contributed by atoms with Gasteiger partial charge in [0.2, 0.25) is 5.91 Å². The maximum absolute atomic E-state index is 12.4. The van der Waals surface area contributed by atoms with Crippen LogP contribution in [0.25, 0.3) is 0 Å². The van der Waals surface area contributed by atoms with Crippen LogP contribution < -0.4 is 5.48 Å². The Morgan fingerprint density at radius 1 is 0.889 bits per heavy atom. The van der Waals surface area contributed by atoms with Gasteiger partial charge in [0.1, 0.15) is 0 Å². The van der Waals surface area contributed by atoms with Gasteiger partial charge in [-0.15, -0.1) is 0 Å². The number of carbonyl (C=O) groups is 1. The summed E-state index contributed by atoms with van der Waals surface area (Å²) < 4.78 is 24.8. The summed E-state index contributed by atoms with van der Waals surface area (Å²) in [5.41, 5.74) is 3.86. The third kappa shape index (κ3) is 7.93. The van der Waals surface area contributed by atoms with Crippen LogP contribution in [0.5, 0.6) is 0 Å². The van der Waals surface area contributed by atoms with Gasteiger partial charge in [-0.25, -0.2) is 13.9 Å². The number of aryl methyl sites for hydroxylation is 2. The average Bonchev–Trinajstić information content (AvgIpc) is 2.68. The molecule has 0 heterocycles. The summed E-state index contributed by atoms with van der Waals surface area (Å²) in [5, 5.41) is 8.95. The molecule has 2 rings (SSSR count). The molecule has 0 aliphatic rings. The van der Waals surface area contributed by atoms with Crippen LogP contribution in [0.3, 0.4) is 0 Å². The lowest BCUT2D eigenvalue weighted by Gasteiger charge is -2.15. The van der Waals surface area contributed by atoms with E-state index in [2.05, 4.69) is 0 Å². The van der Waals surface area contributed by atoms with Crippen molar-refractivity contribution in [1.29, 1.82) is 0 Å². The zero-order valence-corrected chi connectivity index (χ0v) is 16.2. The molecule has 6 heteroatoms. The van der Waals surface area contributed by atoms with Crippen LogP contribution in [0, 0.1) is 5.92 Å². The number of hydrogen-bond donors (Lipinski definition) is 2. The predicted octanol–water partition coefficient (Wildman–Crippen LogP) is 3.18. The number of amides is 1. The molecule has 2 N–H and O–H groups in total. The van der Waals surface area contributed by atoms with Gasteiger partial charge in [-0.3, -0.25) is 10.0 Å². The third-order valence-electron chi connectivity index (χ3n) is 4.56. The molecule has 1 atom stereocenters. The molecule has 0 fully saturated rings. The van der Waals surface area contributed by atoms with Crippen molar-refractivity contribution in [1.82, 2.24) is 5.48 Å². The fourth-order valence-corrected chi connectivity index (χ4v) is 4.79. The summed E-state index contributed by atoms with van der Waals surface area (Å²) in [6.07, 6.45) is 3.07. The zero-order valence-electron chi connectivity index (χ0n) is 15.4. The van der Waals surface area contributed by atoms with Gasteiger partial charge >= 0.3 is 0 Å². The molecule has 0 saturated heterocycles. The molecule has 0 aliphatic carbocycles. The standard InChI is InChI=1S/C21H27NO4S/c23-21(22-24)20(15-7-13-18-9-3-1-4-10-18)17-27(25,26)16-8-14-19-11-5-2-6-12-19/h1-6,9-12,20,24H,7-8,13-17H2,(H,22,23). The topological polar surface area (TPSA) is 83.5 Å². The molecule has 0 spiro atoms. The van der Waals surface area contributed by atoms with Gasteiger partial charge < -0.3 is 0 Å². The average molecular weight is 390 g/mol. The van der Waals surface area contributed by atoms with Gasteiger partial charge in [0, 0.05) is 0 Å². The van der Waals surface area contributed by atoms with Crippen LogP contribution in [-0.4, -0.2) is 31.0 Å². The number of sulfone groups is 1. The van der Waals surface area contributed by atoms with E-state index in [4.69, 9.17) is 5.21 Å². The molecule has 1 unspecified atom stereocenters. The highest BCUT2D eigenvalue weighted by Gasteiger charge is 2.25. The molecule has 0 bridgehead atoms. The third-order valence-corrected chi connectivity index (χ3v) is 6.38. The minimum absolute atomic E-state index is 0.0375. The van der Waals surface area contributed by atoms with Gasteiger partial charge in [-0.2, -0.15) is 0 Å². The molecule has 0 aliphatic heterocycles. The lowest BCUT2D eigenvalue weighted by molar-refractivity contribution is -0.132. The largest absolute Gasteiger partial charge is 0.289 e. The minimum Gasteiger partial charge on any atom is -0.289 e. The van der Waals surface area contributed by atoms with E-state index in [0.29, 0.717) is 25.7 Å². The summed E-state index contributed by atoms with van der Waals surface area (Å²) >= 11 is 0. The zero-order chi connectivity index (χ0) is 19.5. The summed E-state index contributed by atoms with van der Waals surface area (Å²) in [6.45, 7) is 0. The first-order valence-electron chi connectivity index (χ1n) is 9.22. The Bertz CT molecular complexity index is 791. The maximum Gasteiger partial charge on any atom is 0.247 e. The van der Waals surface area contributed by atoms with Crippen molar-refractivity contribution in [3.8, 4) is 0 Å². The fourth-order valence-electron chi connectivity index (χ4n) is 3.11. The van der Waals surface area contributed by atoms with Gasteiger partial charge in [0.15, 0.2) is 9.84 Å². The number of rotatable bonds is 11. The van der Waals surface area contributed by atoms with Gasteiger partial charge in [-0.05, 0) is 43.2 Å². The molecular weight excluding hydrogens is 362 g/mol. The van der Waals surface area contributed by atoms with E-state index in [9.17, 15) is 13.2 Å². The first-order valence-corrected chi connectivity index (χ1v) is 11.0. The fraction of sp³-hybridized carbons (Fsp3) is 0.381. The monoisotopic (exact) mass is 389 g/mol. The molecule has 2 aromatic rings. The number of carbonyl (C=O) groups excluding carboxylic acids is 1. The van der Waals surface area contributed by atoms with Crippen molar-refractivity contribution in [2.45, 2.75) is 32.1 Å². The van der Waals surface area contributed by atoms with Crippen LogP contribution in [0.4, 0.5) is 0 Å². The smallest absolute Gasteiger partial charge is 0.247 e. The van der Waals surface area contributed by atoms with E-state index in [-0.39, 0.29) is 11.5 Å². The Morgan fingerprint density at radius 2 is 1.41 bits per heavy atom. The Morgan fingerprint density at radius 3 is 1.93 bits per heavy atom. The van der Waals surface area contributed by atoms with Crippen LogP contribution in [-0.2, 0) is 27.5 Å². The second-order valence-corrected chi connectivity index (χ2v) is 8.98. The van der Waals surface area contributed by atoms with Gasteiger partial charge in [-0.1, -0.05) is 60.7 Å². The number of benzene rings is 2. The molecule has 27 heavy (non-hydrogen) atoms. The second-order valence-electron chi connectivity index (χ2n) is 6.75. The van der Waals surface area contributed by atoms with Crippen LogP contribution in [0.1, 0.15) is 30.4 Å². The molecule has 2 aromatic carbocycles. The molecular formula is C21H27NO4S. The van der Waals surface area contributed by atoms with Crippen LogP contribution in [0.2, 0.25) is 0 Å². The number of nitrogens with one attached hydrogen (secondary N) is 1. The summed E-state index contributed by atoms with van der Waals surface area (Å²) in [6, 6.07) is 19.6. The SMILES string of the molecule is O=C(NO)C(CCCc1ccccc1)CS(=O)(=O)CCCc1ccccc1. The van der Waals surface area contributed by atoms with Crippen LogP contribution >= 0.6 is 0 Å². The first-order chi connectivity index (χ1) is 13.0. The molecule has 5 nitrogen and oxygen atoms in total. The highest BCUT2D eigenvalue weighted by Crippen LogP contribution is 2.15. The highest BCUT2D eigenvalue weighted by atomic mass is 32.2. The predicted molar refractivity (Wildman–Crippen MR) is 106 cm³/mol. The lowest BCUT2D eigenvalue weighted by atomic mass is 10.0. The summed E-state index contributed by atoms with van der Waals surface area (Å²) in [4.78, 5) is 11.9. The van der Waals surface area contributed by atoms with Crippen molar-refractivity contribution in [2.24, 2.45) is 5.92 Å². The quantitative estimate of drug-likeness (QED) is 0.457. The minimum atomic E-state index is -3.37. The Hall–Kier alpha value is -2.18. The van der Waals surface area contributed by atoms with E-state index < -0.39 is 21.7 Å². The summed E-state index contributed by atoms with van der Waals surface area (Å²) in [7, 11) is -3.37. The van der Waals surface area contributed by atoms with E-state index in [1.54, 1.807) is 5.48 Å². The second kappa shape index (κ2) is 10.8. The maximum atomic E-state index is 12.4. The van der Waals surface area contributed by atoms with Crippen molar-refractivity contribution in [3.05, 3.63) is 71.8 Å². The van der Waals surface area contributed by atoms with E-state index >= 15 is 0 Å². The van der Waals surface area contributed by atoms with Crippen molar-refractivity contribution in [2.75, 3.05) is 11.5 Å². The molecule has 1 amide bonds. The Balaban J connectivity index is 1.84. The Labute approximate surface area is 161 Å². The molecule has 0 radical (unpaired) electrons. The Kier molecular flexibility index (Phi) is 8.48. The lowest BCUT2D eigenvalue weighted by Crippen LogP contribution is -2.33. The van der Waals surface area contributed by atoms with Crippen LogP contribution in [0.15, 0.2) is 60.7 Å². The van der Waals surface area contributed by atoms with Gasteiger partial charge in [0.25, 0.3) is 0 Å². The molecule has 0 saturated carbocycles. The van der Waals surface area contributed by atoms with Crippen molar-refractivity contribution >= 4 is 15.7 Å². The van der Waals surface area contributed by atoms with Crippen molar-refractivity contribution in [3.63, 3.8) is 0 Å². The molecule has 146 valence electrons. The van der Waals surface area contributed by atoms with E-state index in [1.165, 1.54) is 0 Å². The first kappa shape index (κ1) is 21.1. The normalized spacial score (nSPS) is 12.5. The van der Waals surface area contributed by atoms with E-state index in [0.717, 1.165) is 17.5 Å². The van der Waals surface area contributed by atoms with Crippen molar-refractivity contribution < 1.29 is 18.4 Å². The summed E-state index contributed by atoms with van der Waals surface area (Å²) in [5.74, 6) is -1.56.